The second-order valence-electron chi connectivity index (χ2n) is 4.50. The highest BCUT2D eigenvalue weighted by Gasteiger charge is 2.17. The molecule has 0 amide bonds. The van der Waals surface area contributed by atoms with Crippen LogP contribution in [0.5, 0.6) is 0 Å². The number of fused-ring (bicyclic) bond motifs is 1. The van der Waals surface area contributed by atoms with E-state index in [-0.39, 0.29) is 0 Å². The van der Waals surface area contributed by atoms with E-state index in [1.807, 2.05) is 0 Å². The Bertz CT molecular complexity index is 358. The molecule has 2 N–H and O–H groups in total. The van der Waals surface area contributed by atoms with E-state index in [0.717, 1.165) is 13.0 Å². The second-order valence-corrected chi connectivity index (χ2v) is 4.50. The second kappa shape index (κ2) is 4.13. The lowest BCUT2D eigenvalue weighted by Gasteiger charge is -2.11. The van der Waals surface area contributed by atoms with Gasteiger partial charge in [-0.3, -0.25) is 0 Å². The van der Waals surface area contributed by atoms with Crippen LogP contribution in [0, 0.1) is 6.92 Å². The highest BCUT2D eigenvalue weighted by molar-refractivity contribution is 5.66. The van der Waals surface area contributed by atoms with Crippen LogP contribution in [0.25, 0.3) is 0 Å². The number of aryl methyl sites for hydroxylation is 1. The summed E-state index contributed by atoms with van der Waals surface area (Å²) < 4.78 is 0. The van der Waals surface area contributed by atoms with Crippen molar-refractivity contribution in [3.63, 3.8) is 0 Å². The summed E-state index contributed by atoms with van der Waals surface area (Å²) in [6, 6.07) is 5.15. The van der Waals surface area contributed by atoms with Crippen molar-refractivity contribution in [2.24, 2.45) is 0 Å². The number of benzene rings is 1. The molecule has 15 heavy (non-hydrogen) atoms. The predicted molar refractivity (Wildman–Crippen MR) is 66.7 cm³/mol. The molecule has 1 atom stereocenters. The molecule has 2 heteroatoms. The molecule has 82 valence electrons. The van der Waals surface area contributed by atoms with E-state index in [2.05, 4.69) is 43.5 Å². The Morgan fingerprint density at radius 1 is 1.47 bits per heavy atom. The molecule has 1 aliphatic heterocycles. The van der Waals surface area contributed by atoms with Crippen molar-refractivity contribution in [2.45, 2.75) is 39.7 Å². The van der Waals surface area contributed by atoms with Gasteiger partial charge in [0.2, 0.25) is 0 Å². The maximum absolute atomic E-state index is 3.49. The largest absolute Gasteiger partial charge is 0.385 e. The summed E-state index contributed by atoms with van der Waals surface area (Å²) in [6.45, 7) is 7.65. The van der Waals surface area contributed by atoms with Crippen LogP contribution in [0.15, 0.2) is 12.1 Å². The third-order valence-corrected chi connectivity index (χ3v) is 2.94. The Morgan fingerprint density at radius 3 is 3.00 bits per heavy atom. The number of hydrogen-bond acceptors (Lipinski definition) is 2. The van der Waals surface area contributed by atoms with Crippen molar-refractivity contribution >= 4 is 11.4 Å². The number of hydrogen-bond donors (Lipinski definition) is 2. The molecule has 1 aliphatic rings. The molecule has 0 spiro atoms. The van der Waals surface area contributed by atoms with Crippen LogP contribution in [0.2, 0.25) is 0 Å². The Kier molecular flexibility index (Phi) is 2.85. The van der Waals surface area contributed by atoms with Gasteiger partial charge < -0.3 is 10.6 Å². The summed E-state index contributed by atoms with van der Waals surface area (Å²) in [5, 5.41) is 6.97. The fraction of sp³-hybridized carbons (Fsp3) is 0.538. The summed E-state index contributed by atoms with van der Waals surface area (Å²) in [5.74, 6) is 0. The minimum absolute atomic E-state index is 0.584. The SMILES string of the molecule is CCCNc1cc2c(cc1C)NC(C)C2. The van der Waals surface area contributed by atoms with Gasteiger partial charge in [-0.2, -0.15) is 0 Å². The minimum atomic E-state index is 0.584. The van der Waals surface area contributed by atoms with Gasteiger partial charge in [0.25, 0.3) is 0 Å². The van der Waals surface area contributed by atoms with Gasteiger partial charge in [-0.05, 0) is 49.9 Å². The van der Waals surface area contributed by atoms with Crippen molar-refractivity contribution in [1.82, 2.24) is 0 Å². The Labute approximate surface area is 92.1 Å². The lowest BCUT2D eigenvalue weighted by molar-refractivity contribution is 0.839. The normalized spacial score (nSPS) is 18.5. The van der Waals surface area contributed by atoms with E-state index >= 15 is 0 Å². The maximum atomic E-state index is 3.49. The summed E-state index contributed by atoms with van der Waals surface area (Å²) >= 11 is 0. The molecule has 1 aromatic carbocycles. The molecule has 0 aromatic heterocycles. The van der Waals surface area contributed by atoms with E-state index in [1.165, 1.54) is 28.9 Å². The van der Waals surface area contributed by atoms with E-state index in [4.69, 9.17) is 0 Å². The fourth-order valence-electron chi connectivity index (χ4n) is 2.15. The summed E-state index contributed by atoms with van der Waals surface area (Å²) in [5.41, 5.74) is 5.41. The Hall–Kier alpha value is -1.18. The molecular formula is C13H20N2. The first-order chi connectivity index (χ1) is 7.20. The van der Waals surface area contributed by atoms with Crippen LogP contribution in [-0.2, 0) is 6.42 Å². The number of rotatable bonds is 3. The van der Waals surface area contributed by atoms with Crippen molar-refractivity contribution < 1.29 is 0 Å². The summed E-state index contributed by atoms with van der Waals surface area (Å²) in [4.78, 5) is 0. The first-order valence-corrected chi connectivity index (χ1v) is 5.84. The first kappa shape index (κ1) is 10.3. The van der Waals surface area contributed by atoms with E-state index in [1.54, 1.807) is 0 Å². The molecule has 0 aliphatic carbocycles. The topological polar surface area (TPSA) is 24.1 Å². The van der Waals surface area contributed by atoms with Gasteiger partial charge >= 0.3 is 0 Å². The Balaban J connectivity index is 2.23. The Morgan fingerprint density at radius 2 is 2.27 bits per heavy atom. The zero-order valence-electron chi connectivity index (χ0n) is 9.85. The van der Waals surface area contributed by atoms with E-state index in [9.17, 15) is 0 Å². The smallest absolute Gasteiger partial charge is 0.0379 e. The van der Waals surface area contributed by atoms with Crippen molar-refractivity contribution in [2.75, 3.05) is 17.2 Å². The average Bonchev–Trinajstić information content (AvgIpc) is 2.53. The summed E-state index contributed by atoms with van der Waals surface area (Å²) in [6.07, 6.45) is 2.32. The summed E-state index contributed by atoms with van der Waals surface area (Å²) in [7, 11) is 0. The highest BCUT2D eigenvalue weighted by atomic mass is 14.9. The molecule has 1 heterocycles. The van der Waals surface area contributed by atoms with Crippen molar-refractivity contribution in [3.05, 3.63) is 23.3 Å². The molecule has 0 bridgehead atoms. The van der Waals surface area contributed by atoms with E-state index < -0.39 is 0 Å². The van der Waals surface area contributed by atoms with Crippen LogP contribution in [0.3, 0.4) is 0 Å². The van der Waals surface area contributed by atoms with Crippen LogP contribution in [-0.4, -0.2) is 12.6 Å². The van der Waals surface area contributed by atoms with Gasteiger partial charge in [-0.1, -0.05) is 6.92 Å². The number of nitrogens with one attached hydrogen (secondary N) is 2. The molecule has 0 fully saturated rings. The lowest BCUT2D eigenvalue weighted by atomic mass is 10.1. The third-order valence-electron chi connectivity index (χ3n) is 2.94. The molecule has 0 radical (unpaired) electrons. The van der Waals surface area contributed by atoms with Gasteiger partial charge in [-0.25, -0.2) is 0 Å². The van der Waals surface area contributed by atoms with Crippen LogP contribution in [0.4, 0.5) is 11.4 Å². The van der Waals surface area contributed by atoms with Gasteiger partial charge in [0.05, 0.1) is 0 Å². The zero-order valence-corrected chi connectivity index (χ0v) is 9.85. The van der Waals surface area contributed by atoms with E-state index in [0.29, 0.717) is 6.04 Å². The van der Waals surface area contributed by atoms with Crippen LogP contribution in [0.1, 0.15) is 31.4 Å². The molecule has 1 unspecified atom stereocenters. The minimum Gasteiger partial charge on any atom is -0.385 e. The maximum Gasteiger partial charge on any atom is 0.0379 e. The quantitative estimate of drug-likeness (QED) is 0.790. The zero-order chi connectivity index (χ0) is 10.8. The monoisotopic (exact) mass is 204 g/mol. The van der Waals surface area contributed by atoms with Gasteiger partial charge in [0.1, 0.15) is 0 Å². The van der Waals surface area contributed by atoms with Crippen molar-refractivity contribution in [3.8, 4) is 0 Å². The standard InChI is InChI=1S/C13H20N2/c1-4-5-14-12-8-11-7-10(3)15-13(11)6-9(12)2/h6,8,10,14-15H,4-5,7H2,1-3H3. The molecular weight excluding hydrogens is 184 g/mol. The van der Waals surface area contributed by atoms with Gasteiger partial charge in [0, 0.05) is 24.0 Å². The lowest BCUT2D eigenvalue weighted by Crippen LogP contribution is -2.08. The fourth-order valence-corrected chi connectivity index (χ4v) is 2.15. The molecule has 2 nitrogen and oxygen atoms in total. The number of anilines is 2. The highest BCUT2D eigenvalue weighted by Crippen LogP contribution is 2.31. The third kappa shape index (κ3) is 2.09. The molecule has 0 saturated heterocycles. The predicted octanol–water partition coefficient (Wildman–Crippen LogP) is 3.17. The van der Waals surface area contributed by atoms with Gasteiger partial charge in [0.15, 0.2) is 0 Å². The van der Waals surface area contributed by atoms with Crippen LogP contribution >= 0.6 is 0 Å². The van der Waals surface area contributed by atoms with Gasteiger partial charge in [-0.15, -0.1) is 0 Å². The first-order valence-electron chi connectivity index (χ1n) is 5.84. The van der Waals surface area contributed by atoms with Crippen LogP contribution < -0.4 is 10.6 Å². The average molecular weight is 204 g/mol. The van der Waals surface area contributed by atoms with Crippen molar-refractivity contribution in [1.29, 1.82) is 0 Å². The molecule has 0 saturated carbocycles. The molecule has 2 rings (SSSR count). The molecule has 1 aromatic rings.